The maximum atomic E-state index is 13.1. The molecule has 5 rings (SSSR count). The van der Waals surface area contributed by atoms with Gasteiger partial charge < -0.3 is 10.1 Å². The molecule has 2 aromatic rings. The van der Waals surface area contributed by atoms with Crippen molar-refractivity contribution in [2.24, 2.45) is 23.7 Å². The number of alkyl halides is 2. The number of esters is 1. The van der Waals surface area contributed by atoms with Gasteiger partial charge in [0.2, 0.25) is 11.8 Å². The minimum atomic E-state index is -0.691. The smallest absolute Gasteiger partial charge is 0.338 e. The first-order chi connectivity index (χ1) is 17.1. The zero-order valence-electron chi connectivity index (χ0n) is 19.5. The molecule has 3 fully saturated rings. The molecule has 2 bridgehead atoms. The zero-order valence-corrected chi connectivity index (χ0v) is 22.6. The van der Waals surface area contributed by atoms with Gasteiger partial charge in [-0.3, -0.25) is 19.3 Å². The molecular formula is C26H23BrCl2N2O5. The molecule has 10 heteroatoms. The Balaban J connectivity index is 1.21. The van der Waals surface area contributed by atoms with Gasteiger partial charge in [0.15, 0.2) is 6.61 Å². The average molecular weight is 594 g/mol. The third-order valence-electron chi connectivity index (χ3n) is 7.40. The molecule has 1 N–H and O–H groups in total. The molecule has 1 heterocycles. The van der Waals surface area contributed by atoms with Crippen LogP contribution in [-0.4, -0.2) is 41.1 Å². The lowest BCUT2D eigenvalue weighted by molar-refractivity contribution is -0.123. The first-order valence-corrected chi connectivity index (χ1v) is 13.2. The standard InChI is InChI=1S/C26H23BrCl2N2O5/c1-11-7-14(8-12(2)21(11)27)30-18(32)10-36-26(35)13-3-5-15(6-4-13)31-24(33)19-16-9-17(20(19)25(31)34)23(29)22(16)28/h3-8,16-17,19-20,22-23H,9-10H2,1-2H3,(H,30,32)/t16-,17-,19-,20-,22+,23+/m1/s1. The van der Waals surface area contributed by atoms with Crippen LogP contribution < -0.4 is 10.2 Å². The van der Waals surface area contributed by atoms with Gasteiger partial charge in [-0.1, -0.05) is 15.9 Å². The lowest BCUT2D eigenvalue weighted by atomic mass is 9.80. The molecule has 36 heavy (non-hydrogen) atoms. The Hall–Kier alpha value is -2.42. The Bertz CT molecular complexity index is 1230. The lowest BCUT2D eigenvalue weighted by Gasteiger charge is -2.28. The van der Waals surface area contributed by atoms with E-state index in [2.05, 4.69) is 21.2 Å². The van der Waals surface area contributed by atoms with Crippen LogP contribution in [0.1, 0.15) is 27.9 Å². The van der Waals surface area contributed by atoms with Gasteiger partial charge in [-0.15, -0.1) is 23.2 Å². The van der Waals surface area contributed by atoms with Gasteiger partial charge in [-0.25, -0.2) is 4.79 Å². The van der Waals surface area contributed by atoms with E-state index in [-0.39, 0.29) is 40.0 Å². The summed E-state index contributed by atoms with van der Waals surface area (Å²) in [6.07, 6.45) is 0.697. The number of anilines is 2. The molecule has 3 amide bonds. The van der Waals surface area contributed by atoms with Crippen LogP contribution in [0.5, 0.6) is 0 Å². The molecule has 2 saturated carbocycles. The molecule has 188 valence electrons. The molecule has 0 radical (unpaired) electrons. The van der Waals surface area contributed by atoms with Crippen LogP contribution in [0.25, 0.3) is 0 Å². The minimum Gasteiger partial charge on any atom is -0.452 e. The number of ether oxygens (including phenoxy) is 1. The number of nitrogens with zero attached hydrogens (tertiary/aromatic N) is 1. The number of benzene rings is 2. The number of imide groups is 1. The quantitative estimate of drug-likeness (QED) is 0.304. The SMILES string of the molecule is Cc1cc(NC(=O)COC(=O)c2ccc(N3C(=O)[C@@H]4[C@H]5C[C@@H]([C@H](Cl)[C@H]5Cl)[C@H]4C3=O)cc2)cc(C)c1Br. The van der Waals surface area contributed by atoms with E-state index >= 15 is 0 Å². The number of hydrogen-bond donors (Lipinski definition) is 1. The molecular weight excluding hydrogens is 571 g/mol. The summed E-state index contributed by atoms with van der Waals surface area (Å²) in [5, 5.41) is 2.08. The van der Waals surface area contributed by atoms with E-state index in [1.54, 1.807) is 0 Å². The summed E-state index contributed by atoms with van der Waals surface area (Å²) in [6.45, 7) is 3.38. The number of rotatable bonds is 5. The largest absolute Gasteiger partial charge is 0.452 e. The number of nitrogens with one attached hydrogen (secondary N) is 1. The van der Waals surface area contributed by atoms with Crippen molar-refractivity contribution in [3.63, 3.8) is 0 Å². The summed E-state index contributed by atoms with van der Waals surface area (Å²) in [6, 6.07) is 9.62. The van der Waals surface area contributed by atoms with E-state index in [1.165, 1.54) is 29.2 Å². The number of carbonyl (C=O) groups excluding carboxylic acids is 4. The molecule has 0 aromatic heterocycles. The highest BCUT2D eigenvalue weighted by Gasteiger charge is 2.66. The van der Waals surface area contributed by atoms with Gasteiger partial charge in [0.25, 0.3) is 5.91 Å². The van der Waals surface area contributed by atoms with Gasteiger partial charge in [0, 0.05) is 10.2 Å². The van der Waals surface area contributed by atoms with Crippen molar-refractivity contribution in [3.05, 3.63) is 57.6 Å². The summed E-state index contributed by atoms with van der Waals surface area (Å²) >= 11 is 16.3. The topological polar surface area (TPSA) is 92.8 Å². The van der Waals surface area contributed by atoms with E-state index in [0.29, 0.717) is 17.8 Å². The van der Waals surface area contributed by atoms with Gasteiger partial charge in [0.1, 0.15) is 0 Å². The van der Waals surface area contributed by atoms with Crippen molar-refractivity contribution in [1.29, 1.82) is 0 Å². The lowest BCUT2D eigenvalue weighted by Crippen LogP contribution is -2.37. The maximum absolute atomic E-state index is 13.1. The van der Waals surface area contributed by atoms with Gasteiger partial charge in [-0.05, 0) is 79.6 Å². The Labute approximate surface area is 226 Å². The number of aryl methyl sites for hydroxylation is 2. The molecule has 1 saturated heterocycles. The van der Waals surface area contributed by atoms with Crippen molar-refractivity contribution in [3.8, 4) is 0 Å². The number of hydrogen-bond acceptors (Lipinski definition) is 5. The second kappa shape index (κ2) is 9.47. The number of amides is 3. The summed E-state index contributed by atoms with van der Waals surface area (Å²) < 4.78 is 6.10. The molecule has 0 unspecified atom stereocenters. The molecule has 2 aliphatic carbocycles. The molecule has 6 atom stereocenters. The van der Waals surface area contributed by atoms with Crippen LogP contribution in [-0.2, 0) is 19.1 Å². The summed E-state index contributed by atoms with van der Waals surface area (Å²) in [7, 11) is 0. The van der Waals surface area contributed by atoms with Gasteiger partial charge >= 0.3 is 5.97 Å². The summed E-state index contributed by atoms with van der Waals surface area (Å²) in [4.78, 5) is 52.1. The third-order valence-corrected chi connectivity index (χ3v) is 9.97. The van der Waals surface area contributed by atoms with E-state index in [1.807, 2.05) is 26.0 Å². The number of carbonyl (C=O) groups is 4. The van der Waals surface area contributed by atoms with Gasteiger partial charge in [0.05, 0.1) is 33.8 Å². The maximum Gasteiger partial charge on any atom is 0.338 e. The Morgan fingerprint density at radius 2 is 1.53 bits per heavy atom. The van der Waals surface area contributed by atoms with Crippen LogP contribution in [0.3, 0.4) is 0 Å². The van der Waals surface area contributed by atoms with E-state index in [4.69, 9.17) is 27.9 Å². The predicted molar refractivity (Wildman–Crippen MR) is 139 cm³/mol. The molecule has 3 aliphatic rings. The van der Waals surface area contributed by atoms with Crippen molar-refractivity contribution in [1.82, 2.24) is 0 Å². The average Bonchev–Trinajstić information content (AvgIpc) is 3.46. The second-order valence-electron chi connectivity index (χ2n) is 9.61. The first-order valence-electron chi connectivity index (χ1n) is 11.6. The fourth-order valence-electron chi connectivity index (χ4n) is 5.78. The highest BCUT2D eigenvalue weighted by atomic mass is 79.9. The molecule has 0 spiro atoms. The summed E-state index contributed by atoms with van der Waals surface area (Å²) in [5.41, 5.74) is 3.13. The highest BCUT2D eigenvalue weighted by molar-refractivity contribution is 9.10. The monoisotopic (exact) mass is 592 g/mol. The van der Waals surface area contributed by atoms with Gasteiger partial charge in [-0.2, -0.15) is 0 Å². The molecule has 7 nitrogen and oxygen atoms in total. The van der Waals surface area contributed by atoms with E-state index < -0.39 is 30.3 Å². The van der Waals surface area contributed by atoms with Crippen LogP contribution >= 0.6 is 39.1 Å². The fourth-order valence-corrected chi connectivity index (χ4v) is 6.90. The second-order valence-corrected chi connectivity index (χ2v) is 11.4. The van der Waals surface area contributed by atoms with Crippen molar-refractivity contribution < 1.29 is 23.9 Å². The molecule has 2 aromatic carbocycles. The first kappa shape index (κ1) is 25.2. The minimum absolute atomic E-state index is 0.101. The van der Waals surface area contributed by atoms with Crippen molar-refractivity contribution in [2.45, 2.75) is 31.0 Å². The van der Waals surface area contributed by atoms with Crippen LogP contribution in [0.15, 0.2) is 40.9 Å². The van der Waals surface area contributed by atoms with Crippen molar-refractivity contribution in [2.75, 3.05) is 16.8 Å². The number of halogens is 3. The molecule has 1 aliphatic heterocycles. The third kappa shape index (κ3) is 4.13. The Kier molecular flexibility index (Phi) is 6.64. The normalized spacial score (nSPS) is 28.4. The zero-order chi connectivity index (χ0) is 25.9. The number of fused-ring (bicyclic) bond motifs is 5. The Morgan fingerprint density at radius 3 is 2.06 bits per heavy atom. The van der Waals surface area contributed by atoms with E-state index in [9.17, 15) is 19.2 Å². The fraction of sp³-hybridized carbons (Fsp3) is 0.385. The van der Waals surface area contributed by atoms with Crippen molar-refractivity contribution >= 4 is 74.2 Å². The van der Waals surface area contributed by atoms with Crippen LogP contribution in [0.2, 0.25) is 0 Å². The Morgan fingerprint density at radius 1 is 1.00 bits per heavy atom. The predicted octanol–water partition coefficient (Wildman–Crippen LogP) is 4.83. The van der Waals surface area contributed by atoms with Crippen LogP contribution in [0, 0.1) is 37.5 Å². The van der Waals surface area contributed by atoms with E-state index in [0.717, 1.165) is 15.6 Å². The summed E-state index contributed by atoms with van der Waals surface area (Å²) in [5.74, 6) is -2.78. The van der Waals surface area contributed by atoms with Crippen LogP contribution in [0.4, 0.5) is 11.4 Å². The highest BCUT2D eigenvalue weighted by Crippen LogP contribution is 2.59.